The predicted octanol–water partition coefficient (Wildman–Crippen LogP) is 2.04. The summed E-state index contributed by atoms with van der Waals surface area (Å²) >= 11 is 0. The highest BCUT2D eigenvalue weighted by Crippen LogP contribution is 2.28. The lowest BCUT2D eigenvalue weighted by molar-refractivity contribution is 0.394. The van der Waals surface area contributed by atoms with Crippen LogP contribution in [0.25, 0.3) is 0 Å². The molecule has 102 valence electrons. The fourth-order valence-corrected chi connectivity index (χ4v) is 2.59. The quantitative estimate of drug-likeness (QED) is 0.752. The Morgan fingerprint density at radius 3 is 2.89 bits per heavy atom. The van der Waals surface area contributed by atoms with Gasteiger partial charge in [-0.3, -0.25) is 4.68 Å². The minimum atomic E-state index is 0.660. The van der Waals surface area contributed by atoms with Crippen molar-refractivity contribution in [2.24, 2.45) is 0 Å². The van der Waals surface area contributed by atoms with E-state index in [9.17, 15) is 0 Å². The Balaban J connectivity index is 1.67. The van der Waals surface area contributed by atoms with Gasteiger partial charge in [-0.1, -0.05) is 12.8 Å². The van der Waals surface area contributed by atoms with E-state index in [0.717, 1.165) is 19.6 Å². The second kappa shape index (κ2) is 6.90. The van der Waals surface area contributed by atoms with Crippen molar-refractivity contribution < 1.29 is 0 Å². The van der Waals surface area contributed by atoms with E-state index in [4.69, 9.17) is 0 Å². The second-order valence-corrected chi connectivity index (χ2v) is 5.60. The predicted molar refractivity (Wildman–Crippen MR) is 74.6 cm³/mol. The average Bonchev–Trinajstić information content (AvgIpc) is 2.98. The average molecular weight is 250 g/mol. The van der Waals surface area contributed by atoms with Gasteiger partial charge in [0, 0.05) is 18.3 Å². The third kappa shape index (κ3) is 4.10. The van der Waals surface area contributed by atoms with Crippen molar-refractivity contribution in [2.45, 2.75) is 44.7 Å². The lowest BCUT2D eigenvalue weighted by atomic mass is 10.2. The zero-order chi connectivity index (χ0) is 12.8. The van der Waals surface area contributed by atoms with Crippen molar-refractivity contribution in [3.8, 4) is 0 Å². The lowest BCUT2D eigenvalue weighted by Crippen LogP contribution is -2.20. The van der Waals surface area contributed by atoms with Crippen LogP contribution >= 0.6 is 0 Å². The summed E-state index contributed by atoms with van der Waals surface area (Å²) in [6.07, 6.45) is 10.8. The zero-order valence-corrected chi connectivity index (χ0v) is 11.7. The first-order valence-corrected chi connectivity index (χ1v) is 7.14. The standard InChI is InChI=1S/C14H26N4/c1-17(2)9-5-8-15-10-13-11-16-18(12-13)14-6-3-4-7-14/h11-12,14-15H,3-10H2,1-2H3. The van der Waals surface area contributed by atoms with E-state index in [2.05, 4.69) is 40.3 Å². The number of rotatable bonds is 7. The molecular weight excluding hydrogens is 224 g/mol. The maximum atomic E-state index is 4.49. The van der Waals surface area contributed by atoms with Crippen molar-refractivity contribution in [1.82, 2.24) is 20.0 Å². The van der Waals surface area contributed by atoms with Crippen LogP contribution in [-0.2, 0) is 6.54 Å². The van der Waals surface area contributed by atoms with Gasteiger partial charge in [-0.05, 0) is 46.4 Å². The second-order valence-electron chi connectivity index (χ2n) is 5.60. The molecule has 1 fully saturated rings. The highest BCUT2D eigenvalue weighted by atomic mass is 15.3. The van der Waals surface area contributed by atoms with Gasteiger partial charge in [-0.15, -0.1) is 0 Å². The van der Waals surface area contributed by atoms with Crippen molar-refractivity contribution >= 4 is 0 Å². The number of hydrogen-bond acceptors (Lipinski definition) is 3. The molecule has 0 saturated heterocycles. The van der Waals surface area contributed by atoms with Gasteiger partial charge in [0.05, 0.1) is 12.2 Å². The Kier molecular flexibility index (Phi) is 5.20. The van der Waals surface area contributed by atoms with Gasteiger partial charge in [-0.25, -0.2) is 0 Å². The van der Waals surface area contributed by atoms with Crippen molar-refractivity contribution in [1.29, 1.82) is 0 Å². The van der Waals surface area contributed by atoms with Gasteiger partial charge < -0.3 is 10.2 Å². The Labute approximate surface area is 110 Å². The number of nitrogens with zero attached hydrogens (tertiary/aromatic N) is 3. The van der Waals surface area contributed by atoms with E-state index in [1.807, 2.05) is 6.20 Å². The summed E-state index contributed by atoms with van der Waals surface area (Å²) in [4.78, 5) is 2.22. The number of hydrogen-bond donors (Lipinski definition) is 1. The smallest absolute Gasteiger partial charge is 0.0534 e. The van der Waals surface area contributed by atoms with Crippen LogP contribution in [0.1, 0.15) is 43.7 Å². The highest BCUT2D eigenvalue weighted by Gasteiger charge is 2.17. The minimum absolute atomic E-state index is 0.660. The summed E-state index contributed by atoms with van der Waals surface area (Å²) in [7, 11) is 4.23. The van der Waals surface area contributed by atoms with E-state index in [0.29, 0.717) is 6.04 Å². The molecular formula is C14H26N4. The largest absolute Gasteiger partial charge is 0.313 e. The molecule has 0 radical (unpaired) electrons. The van der Waals surface area contributed by atoms with Gasteiger partial charge >= 0.3 is 0 Å². The third-order valence-electron chi connectivity index (χ3n) is 3.64. The monoisotopic (exact) mass is 250 g/mol. The van der Waals surface area contributed by atoms with Crippen molar-refractivity contribution in [2.75, 3.05) is 27.2 Å². The molecule has 4 nitrogen and oxygen atoms in total. The minimum Gasteiger partial charge on any atom is -0.313 e. The van der Waals surface area contributed by atoms with Crippen LogP contribution < -0.4 is 5.32 Å². The molecule has 1 aliphatic rings. The molecule has 1 aliphatic carbocycles. The van der Waals surface area contributed by atoms with Gasteiger partial charge in [0.2, 0.25) is 0 Å². The molecule has 1 N–H and O–H groups in total. The maximum absolute atomic E-state index is 4.49. The molecule has 0 unspecified atom stereocenters. The summed E-state index contributed by atoms with van der Waals surface area (Å²) < 4.78 is 2.17. The molecule has 1 aromatic heterocycles. The summed E-state index contributed by atoms with van der Waals surface area (Å²) in [5.74, 6) is 0. The normalized spacial score (nSPS) is 16.8. The van der Waals surface area contributed by atoms with Gasteiger partial charge in [0.25, 0.3) is 0 Å². The molecule has 0 amide bonds. The molecule has 1 saturated carbocycles. The molecule has 0 atom stereocenters. The van der Waals surface area contributed by atoms with Gasteiger partial charge in [-0.2, -0.15) is 5.10 Å². The van der Waals surface area contributed by atoms with E-state index < -0.39 is 0 Å². The van der Waals surface area contributed by atoms with Gasteiger partial charge in [0.1, 0.15) is 0 Å². The SMILES string of the molecule is CN(C)CCCNCc1cnn(C2CCCC2)c1. The Bertz CT molecular complexity index is 339. The third-order valence-corrected chi connectivity index (χ3v) is 3.64. The summed E-state index contributed by atoms with van der Waals surface area (Å²) in [6, 6.07) is 0.660. The lowest BCUT2D eigenvalue weighted by Gasteiger charge is -2.09. The molecule has 0 aromatic carbocycles. The first-order valence-electron chi connectivity index (χ1n) is 7.14. The van der Waals surface area contributed by atoms with E-state index in [1.165, 1.54) is 37.7 Å². The Morgan fingerprint density at radius 1 is 1.39 bits per heavy atom. The van der Waals surface area contributed by atoms with Crippen LogP contribution in [-0.4, -0.2) is 41.9 Å². The van der Waals surface area contributed by atoms with Crippen LogP contribution in [0.4, 0.5) is 0 Å². The van der Waals surface area contributed by atoms with Crippen molar-refractivity contribution in [3.63, 3.8) is 0 Å². The van der Waals surface area contributed by atoms with Crippen LogP contribution in [0.3, 0.4) is 0 Å². The molecule has 0 bridgehead atoms. The van der Waals surface area contributed by atoms with Crippen molar-refractivity contribution in [3.05, 3.63) is 18.0 Å². The Hall–Kier alpha value is -0.870. The molecule has 1 aromatic rings. The first-order chi connectivity index (χ1) is 8.75. The van der Waals surface area contributed by atoms with Crippen LogP contribution in [0.2, 0.25) is 0 Å². The van der Waals surface area contributed by atoms with E-state index in [1.54, 1.807) is 0 Å². The van der Waals surface area contributed by atoms with E-state index in [-0.39, 0.29) is 0 Å². The Morgan fingerprint density at radius 2 is 2.17 bits per heavy atom. The fraction of sp³-hybridized carbons (Fsp3) is 0.786. The molecule has 1 heterocycles. The maximum Gasteiger partial charge on any atom is 0.0534 e. The van der Waals surface area contributed by atoms with Crippen LogP contribution in [0.15, 0.2) is 12.4 Å². The number of aromatic nitrogens is 2. The summed E-state index contributed by atoms with van der Waals surface area (Å²) in [5, 5.41) is 7.97. The topological polar surface area (TPSA) is 33.1 Å². The first kappa shape index (κ1) is 13.6. The molecule has 0 spiro atoms. The molecule has 4 heteroatoms. The molecule has 18 heavy (non-hydrogen) atoms. The van der Waals surface area contributed by atoms with E-state index >= 15 is 0 Å². The van der Waals surface area contributed by atoms with Crippen LogP contribution in [0.5, 0.6) is 0 Å². The number of nitrogens with one attached hydrogen (secondary N) is 1. The molecule has 0 aliphatic heterocycles. The molecule has 2 rings (SSSR count). The zero-order valence-electron chi connectivity index (χ0n) is 11.7. The highest BCUT2D eigenvalue weighted by molar-refractivity contribution is 5.04. The summed E-state index contributed by atoms with van der Waals surface area (Å²) in [6.45, 7) is 3.17. The van der Waals surface area contributed by atoms with Crippen LogP contribution in [0, 0.1) is 0 Å². The van der Waals surface area contributed by atoms with Gasteiger partial charge in [0.15, 0.2) is 0 Å². The fourth-order valence-electron chi connectivity index (χ4n) is 2.59. The summed E-state index contributed by atoms with van der Waals surface area (Å²) in [5.41, 5.74) is 1.31.